The van der Waals surface area contributed by atoms with Crippen LogP contribution in [-0.2, 0) is 9.53 Å². The van der Waals surface area contributed by atoms with E-state index in [1.165, 1.54) is 18.0 Å². The number of ether oxygens (including phenoxy) is 1. The summed E-state index contributed by atoms with van der Waals surface area (Å²) in [7, 11) is 4.17. The molecule has 2 nitrogen and oxygen atoms in total. The van der Waals surface area contributed by atoms with Gasteiger partial charge in [-0.25, -0.2) is 0 Å². The molecule has 0 aliphatic heterocycles. The predicted molar refractivity (Wildman–Crippen MR) is 67.7 cm³/mol. The molecule has 0 radical (unpaired) electrons. The van der Waals surface area contributed by atoms with Gasteiger partial charge in [-0.15, -0.1) is 9.24 Å². The third-order valence-electron chi connectivity index (χ3n) is 2.17. The summed E-state index contributed by atoms with van der Waals surface area (Å²) >= 11 is 0. The molecule has 15 heavy (non-hydrogen) atoms. The molecule has 0 amide bonds. The zero-order valence-electron chi connectivity index (χ0n) is 9.88. The Hall–Kier alpha value is -0.620. The Balaban J connectivity index is 4.39. The van der Waals surface area contributed by atoms with E-state index in [1.807, 2.05) is 0 Å². The fourth-order valence-corrected chi connectivity index (χ4v) is 1.42. The lowest BCUT2D eigenvalue weighted by Gasteiger charge is -2.06. The van der Waals surface area contributed by atoms with Gasteiger partial charge in [-0.2, -0.15) is 0 Å². The van der Waals surface area contributed by atoms with Crippen LogP contribution in [0.4, 0.5) is 0 Å². The van der Waals surface area contributed by atoms with Crippen molar-refractivity contribution < 1.29 is 9.53 Å². The zero-order valence-corrected chi connectivity index (χ0v) is 11.0. The molecule has 1 atom stereocenters. The molecule has 0 fully saturated rings. The summed E-state index contributed by atoms with van der Waals surface area (Å²) in [5.74, 6) is -0.147. The predicted octanol–water partition coefficient (Wildman–Crippen LogP) is 3.45. The molecule has 0 saturated heterocycles. The first kappa shape index (κ1) is 14.4. The van der Waals surface area contributed by atoms with E-state index < -0.39 is 0 Å². The third-order valence-corrected chi connectivity index (χ3v) is 2.95. The van der Waals surface area contributed by atoms with Crippen molar-refractivity contribution in [2.45, 2.75) is 39.5 Å². The van der Waals surface area contributed by atoms with Crippen LogP contribution < -0.4 is 0 Å². The molecule has 0 aliphatic rings. The van der Waals surface area contributed by atoms with Crippen LogP contribution in [0.2, 0.25) is 0 Å². The number of esters is 1. The van der Waals surface area contributed by atoms with Gasteiger partial charge in [0, 0.05) is 6.42 Å². The fraction of sp³-hybridized carbons (Fsp3) is 0.583. The first-order valence-electron chi connectivity index (χ1n) is 5.36. The van der Waals surface area contributed by atoms with Gasteiger partial charge in [-0.05, 0) is 30.1 Å². The van der Waals surface area contributed by atoms with E-state index in [9.17, 15) is 4.79 Å². The van der Waals surface area contributed by atoms with E-state index >= 15 is 0 Å². The lowest BCUT2D eigenvalue weighted by molar-refractivity contribution is -0.140. The van der Waals surface area contributed by atoms with Crippen molar-refractivity contribution in [3.63, 3.8) is 0 Å². The summed E-state index contributed by atoms with van der Waals surface area (Å²) in [5, 5.41) is 1.27. The minimum atomic E-state index is -0.147. The summed E-state index contributed by atoms with van der Waals surface area (Å²) in [4.78, 5) is 11.0. The molecule has 86 valence electrons. The molecule has 0 aromatic rings. The molecule has 0 rings (SSSR count). The summed E-state index contributed by atoms with van der Waals surface area (Å²) in [6.07, 6.45) is 7.45. The summed E-state index contributed by atoms with van der Waals surface area (Å²) in [5.41, 5.74) is 1.23. The van der Waals surface area contributed by atoms with Crippen molar-refractivity contribution in [3.05, 3.63) is 23.0 Å². The Kier molecular flexibility index (Phi) is 8.31. The maximum Gasteiger partial charge on any atom is 0.305 e. The smallest absolute Gasteiger partial charge is 0.305 e. The summed E-state index contributed by atoms with van der Waals surface area (Å²) in [6.45, 7) is 4.21. The summed E-state index contributed by atoms with van der Waals surface area (Å²) < 4.78 is 4.63. The van der Waals surface area contributed by atoms with Gasteiger partial charge in [0.1, 0.15) is 0 Å². The van der Waals surface area contributed by atoms with Crippen molar-refractivity contribution in [2.75, 3.05) is 7.11 Å². The molecule has 0 saturated carbocycles. The van der Waals surface area contributed by atoms with Crippen LogP contribution in [-0.4, -0.2) is 13.1 Å². The average molecular weight is 228 g/mol. The maximum atomic E-state index is 11.0. The Morgan fingerprint density at radius 1 is 1.33 bits per heavy atom. The van der Waals surface area contributed by atoms with Crippen molar-refractivity contribution in [1.82, 2.24) is 0 Å². The van der Waals surface area contributed by atoms with E-state index in [2.05, 4.69) is 40.0 Å². The number of allylic oxidation sites excluding steroid dienone is 4. The van der Waals surface area contributed by atoms with Gasteiger partial charge in [-0.3, -0.25) is 4.79 Å². The number of rotatable bonds is 6. The first-order chi connectivity index (χ1) is 7.15. The molecule has 0 aliphatic carbocycles. The Morgan fingerprint density at radius 2 is 2.00 bits per heavy atom. The van der Waals surface area contributed by atoms with Gasteiger partial charge in [0.25, 0.3) is 0 Å². The molecule has 0 N–H and O–H groups in total. The number of methoxy groups -OCH3 is 1. The van der Waals surface area contributed by atoms with Crippen LogP contribution in [0.25, 0.3) is 0 Å². The van der Waals surface area contributed by atoms with Crippen molar-refractivity contribution in [1.29, 1.82) is 0 Å². The normalized spacial score (nSPS) is 12.8. The Labute approximate surface area is 95.0 Å². The van der Waals surface area contributed by atoms with Crippen molar-refractivity contribution >= 4 is 15.2 Å². The molecule has 0 aromatic heterocycles. The lowest BCUT2D eigenvalue weighted by Crippen LogP contribution is -2.00. The Bertz CT molecular complexity index is 254. The van der Waals surface area contributed by atoms with E-state index in [1.54, 1.807) is 0 Å². The molecule has 0 aromatic carbocycles. The highest BCUT2D eigenvalue weighted by molar-refractivity contribution is 7.22. The number of carbonyl (C=O) groups excluding carboxylic acids is 1. The molecule has 1 unspecified atom stereocenters. The topological polar surface area (TPSA) is 26.3 Å². The van der Waals surface area contributed by atoms with Gasteiger partial charge in [0.05, 0.1) is 7.11 Å². The minimum Gasteiger partial charge on any atom is -0.469 e. The summed E-state index contributed by atoms with van der Waals surface area (Å²) in [6, 6.07) is 0. The van der Waals surface area contributed by atoms with E-state index in [0.29, 0.717) is 6.42 Å². The van der Waals surface area contributed by atoms with Crippen LogP contribution in [0.5, 0.6) is 0 Å². The number of carbonyl (C=O) groups is 1. The molecule has 0 bridgehead atoms. The SMILES string of the molecule is CC/C=C\C(CCC(=O)OC)=C(\P)CC. The Morgan fingerprint density at radius 3 is 2.47 bits per heavy atom. The van der Waals surface area contributed by atoms with Gasteiger partial charge in [-0.1, -0.05) is 26.0 Å². The van der Waals surface area contributed by atoms with E-state index in [-0.39, 0.29) is 5.97 Å². The highest BCUT2D eigenvalue weighted by atomic mass is 31.0. The maximum absolute atomic E-state index is 11.0. The van der Waals surface area contributed by atoms with Crippen LogP contribution in [0.1, 0.15) is 39.5 Å². The standard InChI is InChI=1S/C12H21O2P/c1-4-6-7-10(11(15)5-2)8-9-12(13)14-3/h6-7H,4-5,8-9,15H2,1-3H3/b7-6-,11-10-. The third kappa shape index (κ3) is 6.46. The molecule has 0 spiro atoms. The number of hydrogen-bond donors (Lipinski definition) is 0. The highest BCUT2D eigenvalue weighted by Gasteiger charge is 2.03. The zero-order chi connectivity index (χ0) is 11.7. The molecule has 0 heterocycles. The second-order valence-corrected chi connectivity index (χ2v) is 3.99. The highest BCUT2D eigenvalue weighted by Crippen LogP contribution is 2.21. The fourth-order valence-electron chi connectivity index (χ4n) is 1.18. The van der Waals surface area contributed by atoms with Crippen LogP contribution >= 0.6 is 9.24 Å². The molecular weight excluding hydrogens is 207 g/mol. The first-order valence-corrected chi connectivity index (χ1v) is 5.94. The lowest BCUT2D eigenvalue weighted by atomic mass is 10.1. The van der Waals surface area contributed by atoms with Crippen LogP contribution in [0.15, 0.2) is 23.0 Å². The van der Waals surface area contributed by atoms with Gasteiger partial charge in [0.15, 0.2) is 0 Å². The van der Waals surface area contributed by atoms with Crippen molar-refractivity contribution in [3.8, 4) is 0 Å². The quantitative estimate of drug-likeness (QED) is 0.395. The van der Waals surface area contributed by atoms with Crippen molar-refractivity contribution in [2.24, 2.45) is 0 Å². The second-order valence-electron chi connectivity index (χ2n) is 3.29. The van der Waals surface area contributed by atoms with E-state index in [0.717, 1.165) is 19.3 Å². The average Bonchev–Trinajstić information content (AvgIpc) is 2.27. The number of hydrogen-bond acceptors (Lipinski definition) is 2. The molecule has 3 heteroatoms. The van der Waals surface area contributed by atoms with Gasteiger partial charge in [0.2, 0.25) is 0 Å². The van der Waals surface area contributed by atoms with Crippen LogP contribution in [0.3, 0.4) is 0 Å². The van der Waals surface area contributed by atoms with E-state index in [4.69, 9.17) is 0 Å². The minimum absolute atomic E-state index is 0.147. The largest absolute Gasteiger partial charge is 0.469 e. The monoisotopic (exact) mass is 228 g/mol. The van der Waals surface area contributed by atoms with Gasteiger partial charge < -0.3 is 4.74 Å². The second kappa shape index (κ2) is 8.67. The molecular formula is C12H21O2P. The van der Waals surface area contributed by atoms with Crippen LogP contribution in [0, 0.1) is 0 Å². The van der Waals surface area contributed by atoms with Gasteiger partial charge >= 0.3 is 5.97 Å².